The summed E-state index contributed by atoms with van der Waals surface area (Å²) in [6, 6.07) is 56.9. The maximum atomic E-state index is 10.6. The van der Waals surface area contributed by atoms with Crippen molar-refractivity contribution in [1.82, 2.24) is 14.5 Å². The first kappa shape index (κ1) is 31.3. The standard InChI is InChI=1S/C50H32N4O/c1-50(2)39-22-12-9-19-32(39)36-28-43-37(27-40(36)50)33-20-10-13-23-41(33)54(43)42-26-25-35(45-34-21-11-14-24-44(34)55-48(42)45)49-52-46(30-15-5-3-6-16-30)38(29-51)47(53-49)31-17-7-4-8-18-31/h3-28H,1-2H3. The van der Waals surface area contributed by atoms with E-state index >= 15 is 0 Å². The molecule has 11 rings (SSSR count). The van der Waals surface area contributed by atoms with Crippen LogP contribution in [0.25, 0.3) is 94.5 Å². The smallest absolute Gasteiger partial charge is 0.161 e. The fraction of sp³-hybridized carbons (Fsp3) is 0.0600. The number of aromatic nitrogens is 3. The van der Waals surface area contributed by atoms with E-state index in [1.807, 2.05) is 78.9 Å². The minimum atomic E-state index is -0.116. The van der Waals surface area contributed by atoms with Crippen LogP contribution >= 0.6 is 0 Å². The Morgan fingerprint density at radius 1 is 0.564 bits per heavy atom. The van der Waals surface area contributed by atoms with Gasteiger partial charge in [-0.3, -0.25) is 0 Å². The van der Waals surface area contributed by atoms with Crippen molar-refractivity contribution >= 4 is 43.7 Å². The second kappa shape index (κ2) is 11.6. The van der Waals surface area contributed by atoms with Crippen LogP contribution in [0.2, 0.25) is 0 Å². The Morgan fingerprint density at radius 3 is 1.93 bits per heavy atom. The van der Waals surface area contributed by atoms with Crippen molar-refractivity contribution in [2.45, 2.75) is 19.3 Å². The van der Waals surface area contributed by atoms with Gasteiger partial charge in [0.2, 0.25) is 0 Å². The number of nitriles is 1. The molecule has 1 aliphatic carbocycles. The molecule has 3 aromatic heterocycles. The molecule has 0 bridgehead atoms. The summed E-state index contributed by atoms with van der Waals surface area (Å²) >= 11 is 0. The van der Waals surface area contributed by atoms with Crippen molar-refractivity contribution in [1.29, 1.82) is 5.26 Å². The molecule has 0 atom stereocenters. The summed E-state index contributed by atoms with van der Waals surface area (Å²) in [7, 11) is 0. The van der Waals surface area contributed by atoms with Gasteiger partial charge in [-0.25, -0.2) is 9.97 Å². The number of rotatable bonds is 4. The lowest BCUT2D eigenvalue weighted by atomic mass is 9.82. The largest absolute Gasteiger partial charge is 0.454 e. The molecule has 3 heterocycles. The van der Waals surface area contributed by atoms with E-state index in [0.717, 1.165) is 55.3 Å². The van der Waals surface area contributed by atoms with Gasteiger partial charge < -0.3 is 8.98 Å². The van der Waals surface area contributed by atoms with E-state index in [2.05, 4.69) is 103 Å². The van der Waals surface area contributed by atoms with Gasteiger partial charge in [-0.2, -0.15) is 5.26 Å². The first-order valence-electron chi connectivity index (χ1n) is 18.6. The molecule has 0 fully saturated rings. The van der Waals surface area contributed by atoms with Gasteiger partial charge in [0, 0.05) is 43.7 Å². The van der Waals surface area contributed by atoms with Gasteiger partial charge in [-0.15, -0.1) is 0 Å². The summed E-state index contributed by atoms with van der Waals surface area (Å²) in [5, 5.41) is 14.9. The summed E-state index contributed by atoms with van der Waals surface area (Å²) in [5.74, 6) is 0.527. The maximum absolute atomic E-state index is 10.6. The highest BCUT2D eigenvalue weighted by Crippen LogP contribution is 2.51. The molecule has 1 aliphatic rings. The average molecular weight is 705 g/mol. The number of furan rings is 1. The Bertz CT molecular complexity index is 3180. The lowest BCUT2D eigenvalue weighted by Gasteiger charge is -2.21. The van der Waals surface area contributed by atoms with Crippen LogP contribution in [0.4, 0.5) is 0 Å². The summed E-state index contributed by atoms with van der Waals surface area (Å²) in [5.41, 5.74) is 14.0. The Hall–Kier alpha value is -7.29. The number of hydrogen-bond donors (Lipinski definition) is 0. The Balaban J connectivity index is 1.23. The highest BCUT2D eigenvalue weighted by molar-refractivity contribution is 6.17. The molecule has 0 spiro atoms. The third-order valence-corrected chi connectivity index (χ3v) is 11.5. The molecule has 0 amide bonds. The predicted octanol–water partition coefficient (Wildman–Crippen LogP) is 12.7. The summed E-state index contributed by atoms with van der Waals surface area (Å²) in [6.45, 7) is 4.66. The van der Waals surface area contributed by atoms with E-state index in [4.69, 9.17) is 14.4 Å². The fourth-order valence-corrected chi connectivity index (χ4v) is 8.90. The molecular formula is C50H32N4O. The molecule has 0 saturated carbocycles. The Kier molecular flexibility index (Phi) is 6.59. The molecule has 0 N–H and O–H groups in total. The van der Waals surface area contributed by atoms with Crippen molar-refractivity contribution in [2.75, 3.05) is 0 Å². The summed E-state index contributed by atoms with van der Waals surface area (Å²) in [6.07, 6.45) is 0. The normalized spacial score (nSPS) is 13.0. The molecule has 0 saturated heterocycles. The summed E-state index contributed by atoms with van der Waals surface area (Å²) in [4.78, 5) is 10.4. The van der Waals surface area contributed by atoms with Crippen molar-refractivity contribution in [3.05, 3.63) is 174 Å². The molecule has 0 radical (unpaired) electrons. The van der Waals surface area contributed by atoms with Gasteiger partial charge >= 0.3 is 0 Å². The van der Waals surface area contributed by atoms with Crippen molar-refractivity contribution in [3.8, 4) is 56.8 Å². The van der Waals surface area contributed by atoms with Gasteiger partial charge in [0.05, 0.1) is 28.1 Å². The number of para-hydroxylation sites is 2. The maximum Gasteiger partial charge on any atom is 0.161 e. The van der Waals surface area contributed by atoms with Crippen LogP contribution in [0.1, 0.15) is 30.5 Å². The lowest BCUT2D eigenvalue weighted by molar-refractivity contribution is 0.661. The van der Waals surface area contributed by atoms with E-state index in [1.165, 1.54) is 33.0 Å². The molecule has 55 heavy (non-hydrogen) atoms. The van der Waals surface area contributed by atoms with Crippen LogP contribution < -0.4 is 0 Å². The Labute approximate surface area is 317 Å². The Morgan fingerprint density at radius 2 is 1.20 bits per heavy atom. The summed E-state index contributed by atoms with van der Waals surface area (Å²) < 4.78 is 9.25. The van der Waals surface area contributed by atoms with Gasteiger partial charge in [-0.05, 0) is 58.7 Å². The van der Waals surface area contributed by atoms with Crippen LogP contribution in [-0.2, 0) is 5.41 Å². The number of benzene rings is 7. The van der Waals surface area contributed by atoms with E-state index in [-0.39, 0.29) is 5.41 Å². The topological polar surface area (TPSA) is 67.6 Å². The van der Waals surface area contributed by atoms with Crippen molar-refractivity contribution < 1.29 is 4.42 Å². The minimum absolute atomic E-state index is 0.116. The highest BCUT2D eigenvalue weighted by Gasteiger charge is 2.36. The molecule has 258 valence electrons. The SMILES string of the molecule is CC1(C)c2ccccc2-c2cc3c(cc21)c1ccccc1n3-c1ccc(-c2nc(-c3ccccc3)c(C#N)c(-c3ccccc3)n2)c2c1oc1ccccc12. The zero-order valence-electron chi connectivity index (χ0n) is 30.2. The van der Waals surface area contributed by atoms with Gasteiger partial charge in [-0.1, -0.05) is 135 Å². The zero-order valence-corrected chi connectivity index (χ0v) is 30.2. The van der Waals surface area contributed by atoms with Crippen molar-refractivity contribution in [3.63, 3.8) is 0 Å². The average Bonchev–Trinajstić information content (AvgIpc) is 3.86. The highest BCUT2D eigenvalue weighted by atomic mass is 16.3. The van der Waals surface area contributed by atoms with Crippen LogP contribution in [0, 0.1) is 11.3 Å². The van der Waals surface area contributed by atoms with Crippen LogP contribution in [0.15, 0.2) is 162 Å². The van der Waals surface area contributed by atoms with Gasteiger partial charge in [0.15, 0.2) is 11.4 Å². The van der Waals surface area contributed by atoms with Gasteiger partial charge in [0.25, 0.3) is 0 Å². The van der Waals surface area contributed by atoms with Gasteiger partial charge in [0.1, 0.15) is 17.2 Å². The molecule has 0 unspecified atom stereocenters. The number of hydrogen-bond acceptors (Lipinski definition) is 4. The van der Waals surface area contributed by atoms with E-state index in [0.29, 0.717) is 22.8 Å². The van der Waals surface area contributed by atoms with Crippen LogP contribution in [0.3, 0.4) is 0 Å². The second-order valence-electron chi connectivity index (χ2n) is 14.8. The minimum Gasteiger partial charge on any atom is -0.454 e. The fourth-order valence-electron chi connectivity index (χ4n) is 8.90. The number of fused-ring (bicyclic) bond motifs is 9. The molecule has 7 aromatic carbocycles. The second-order valence-corrected chi connectivity index (χ2v) is 14.8. The third-order valence-electron chi connectivity index (χ3n) is 11.5. The zero-order chi connectivity index (χ0) is 36.8. The molecule has 0 aliphatic heterocycles. The quantitative estimate of drug-likeness (QED) is 0.183. The van der Waals surface area contributed by atoms with Crippen LogP contribution in [-0.4, -0.2) is 14.5 Å². The first-order chi connectivity index (χ1) is 27.0. The molecule has 10 aromatic rings. The van der Waals surface area contributed by atoms with E-state index in [9.17, 15) is 5.26 Å². The molecule has 5 nitrogen and oxygen atoms in total. The van der Waals surface area contributed by atoms with E-state index in [1.54, 1.807) is 0 Å². The van der Waals surface area contributed by atoms with E-state index < -0.39 is 0 Å². The first-order valence-corrected chi connectivity index (χ1v) is 18.6. The number of nitrogens with zero attached hydrogens (tertiary/aromatic N) is 4. The predicted molar refractivity (Wildman–Crippen MR) is 222 cm³/mol. The van der Waals surface area contributed by atoms with Crippen molar-refractivity contribution in [2.24, 2.45) is 0 Å². The molecule has 5 heteroatoms. The van der Waals surface area contributed by atoms with Crippen LogP contribution in [0.5, 0.6) is 0 Å². The molecular weight excluding hydrogens is 673 g/mol. The monoisotopic (exact) mass is 704 g/mol. The third kappa shape index (κ3) is 4.46. The lowest BCUT2D eigenvalue weighted by Crippen LogP contribution is -2.14.